The summed E-state index contributed by atoms with van der Waals surface area (Å²) >= 11 is 0. The normalized spacial score (nSPS) is 19.1. The molecule has 0 radical (unpaired) electrons. The molecule has 3 N–H and O–H groups in total. The molecule has 1 aliphatic heterocycles. The zero-order valence-electron chi connectivity index (χ0n) is 11.4. The molecule has 20 heavy (non-hydrogen) atoms. The highest BCUT2D eigenvalue weighted by atomic mass is 19.1. The lowest BCUT2D eigenvalue weighted by Gasteiger charge is -2.34. The van der Waals surface area contributed by atoms with E-state index in [0.717, 1.165) is 18.9 Å². The van der Waals surface area contributed by atoms with Gasteiger partial charge in [-0.3, -0.25) is 0 Å². The second kappa shape index (κ2) is 6.09. The summed E-state index contributed by atoms with van der Waals surface area (Å²) in [6, 6.07) is 2.38. The molecule has 0 bridgehead atoms. The Labute approximate surface area is 117 Å². The molecule has 0 amide bonds. The number of carbonyl (C=O) groups is 1. The maximum Gasteiger partial charge on any atom is 0.337 e. The van der Waals surface area contributed by atoms with E-state index in [2.05, 4.69) is 0 Å². The van der Waals surface area contributed by atoms with E-state index in [-0.39, 0.29) is 23.0 Å². The summed E-state index contributed by atoms with van der Waals surface area (Å²) in [7, 11) is 0. The summed E-state index contributed by atoms with van der Waals surface area (Å²) in [4.78, 5) is 12.9. The van der Waals surface area contributed by atoms with Crippen molar-refractivity contribution in [2.75, 3.05) is 30.3 Å². The van der Waals surface area contributed by atoms with E-state index in [4.69, 9.17) is 15.6 Å². The van der Waals surface area contributed by atoms with E-state index < -0.39 is 11.8 Å². The Morgan fingerprint density at radius 1 is 1.60 bits per heavy atom. The van der Waals surface area contributed by atoms with E-state index >= 15 is 0 Å². The maximum absolute atomic E-state index is 14.0. The largest absolute Gasteiger partial charge is 0.478 e. The fourth-order valence-corrected chi connectivity index (χ4v) is 2.53. The van der Waals surface area contributed by atoms with Gasteiger partial charge in [-0.05, 0) is 31.9 Å². The van der Waals surface area contributed by atoms with Gasteiger partial charge in [-0.1, -0.05) is 0 Å². The van der Waals surface area contributed by atoms with Crippen LogP contribution in [0.5, 0.6) is 0 Å². The van der Waals surface area contributed by atoms with E-state index in [0.29, 0.717) is 19.7 Å². The molecule has 0 aliphatic carbocycles. The van der Waals surface area contributed by atoms with Crippen LogP contribution < -0.4 is 10.6 Å². The summed E-state index contributed by atoms with van der Waals surface area (Å²) in [6.45, 7) is 3.78. The SMILES string of the molecule is CCOC1CCCN(c2cc(C(=O)O)c(N)cc2F)C1. The predicted molar refractivity (Wildman–Crippen MR) is 74.6 cm³/mol. The highest BCUT2D eigenvalue weighted by Gasteiger charge is 2.24. The Kier molecular flexibility index (Phi) is 4.44. The molecule has 1 heterocycles. The van der Waals surface area contributed by atoms with Crippen molar-refractivity contribution in [2.24, 2.45) is 0 Å². The number of carboxylic acid groups (broad SMARTS) is 1. The molecule has 2 rings (SSSR count). The molecule has 1 aromatic rings. The van der Waals surface area contributed by atoms with Gasteiger partial charge in [0.25, 0.3) is 0 Å². The van der Waals surface area contributed by atoms with Crippen LogP contribution >= 0.6 is 0 Å². The topological polar surface area (TPSA) is 75.8 Å². The number of piperidine rings is 1. The summed E-state index contributed by atoms with van der Waals surface area (Å²) in [5, 5.41) is 9.07. The summed E-state index contributed by atoms with van der Waals surface area (Å²) in [6.07, 6.45) is 1.88. The summed E-state index contributed by atoms with van der Waals surface area (Å²) in [5.74, 6) is -1.65. The van der Waals surface area contributed by atoms with Crippen molar-refractivity contribution < 1.29 is 19.0 Å². The molecule has 5 nitrogen and oxygen atoms in total. The molecule has 0 spiro atoms. The Balaban J connectivity index is 2.27. The first-order valence-corrected chi connectivity index (χ1v) is 6.71. The number of nitrogen functional groups attached to an aromatic ring is 1. The molecule has 1 saturated heterocycles. The van der Waals surface area contributed by atoms with Crippen molar-refractivity contribution in [2.45, 2.75) is 25.9 Å². The van der Waals surface area contributed by atoms with Gasteiger partial charge >= 0.3 is 5.97 Å². The van der Waals surface area contributed by atoms with Gasteiger partial charge in [0.05, 0.1) is 17.4 Å². The molecule has 1 aromatic carbocycles. The van der Waals surface area contributed by atoms with E-state index in [1.807, 2.05) is 11.8 Å². The highest BCUT2D eigenvalue weighted by Crippen LogP contribution is 2.28. The van der Waals surface area contributed by atoms with Crippen LogP contribution in [-0.2, 0) is 4.74 Å². The minimum absolute atomic E-state index is 0.0546. The van der Waals surface area contributed by atoms with Gasteiger partial charge in [0.15, 0.2) is 0 Å². The van der Waals surface area contributed by atoms with Crippen LogP contribution in [-0.4, -0.2) is 36.9 Å². The number of halogens is 1. The lowest BCUT2D eigenvalue weighted by Crippen LogP contribution is -2.40. The van der Waals surface area contributed by atoms with Crippen LogP contribution in [0.15, 0.2) is 12.1 Å². The van der Waals surface area contributed by atoms with E-state index in [9.17, 15) is 9.18 Å². The predicted octanol–water partition coefficient (Wildman–Crippen LogP) is 2.11. The number of aromatic carboxylic acids is 1. The van der Waals surface area contributed by atoms with Crippen LogP contribution in [0.1, 0.15) is 30.1 Å². The fourth-order valence-electron chi connectivity index (χ4n) is 2.53. The lowest BCUT2D eigenvalue weighted by atomic mass is 10.1. The Bertz CT molecular complexity index is 505. The Morgan fingerprint density at radius 3 is 3.00 bits per heavy atom. The summed E-state index contributed by atoms with van der Waals surface area (Å²) < 4.78 is 19.6. The lowest BCUT2D eigenvalue weighted by molar-refractivity contribution is 0.0525. The van der Waals surface area contributed by atoms with Gasteiger partial charge in [-0.2, -0.15) is 0 Å². The third kappa shape index (κ3) is 3.01. The van der Waals surface area contributed by atoms with Gasteiger partial charge in [0.1, 0.15) is 5.82 Å². The molecule has 6 heteroatoms. The van der Waals surface area contributed by atoms with Crippen molar-refractivity contribution in [1.82, 2.24) is 0 Å². The minimum atomic E-state index is -1.15. The van der Waals surface area contributed by atoms with Crippen LogP contribution in [0, 0.1) is 5.82 Å². The Hall–Kier alpha value is -1.82. The standard InChI is InChI=1S/C14H19FN2O3/c1-2-20-9-4-3-5-17(8-9)13-6-10(14(18)19)12(16)7-11(13)15/h6-7,9H,2-5,8,16H2,1H3,(H,18,19). The molecule has 0 saturated carbocycles. The van der Waals surface area contributed by atoms with E-state index in [1.54, 1.807) is 0 Å². The third-order valence-corrected chi connectivity index (χ3v) is 3.47. The number of hydrogen-bond acceptors (Lipinski definition) is 4. The van der Waals surface area contributed by atoms with Crippen LogP contribution in [0.2, 0.25) is 0 Å². The average Bonchev–Trinajstić information content (AvgIpc) is 2.39. The number of carboxylic acids is 1. The molecule has 1 fully saturated rings. The molecule has 1 atom stereocenters. The monoisotopic (exact) mass is 282 g/mol. The van der Waals surface area contributed by atoms with Crippen LogP contribution in [0.4, 0.5) is 15.8 Å². The van der Waals surface area contributed by atoms with Crippen molar-refractivity contribution >= 4 is 17.3 Å². The first-order chi connectivity index (χ1) is 9.52. The number of rotatable bonds is 4. The van der Waals surface area contributed by atoms with Crippen LogP contribution in [0.25, 0.3) is 0 Å². The smallest absolute Gasteiger partial charge is 0.337 e. The molecule has 1 unspecified atom stereocenters. The molecular weight excluding hydrogens is 263 g/mol. The van der Waals surface area contributed by atoms with Crippen LogP contribution in [0.3, 0.4) is 0 Å². The van der Waals surface area contributed by atoms with Gasteiger partial charge in [-0.15, -0.1) is 0 Å². The highest BCUT2D eigenvalue weighted by molar-refractivity contribution is 5.95. The summed E-state index contributed by atoms with van der Waals surface area (Å²) in [5.41, 5.74) is 5.68. The quantitative estimate of drug-likeness (QED) is 0.827. The van der Waals surface area contributed by atoms with Gasteiger partial charge in [-0.25, -0.2) is 9.18 Å². The minimum Gasteiger partial charge on any atom is -0.478 e. The van der Waals surface area contributed by atoms with Crippen molar-refractivity contribution in [3.8, 4) is 0 Å². The average molecular weight is 282 g/mol. The number of ether oxygens (including phenoxy) is 1. The van der Waals surface area contributed by atoms with Gasteiger partial charge in [0.2, 0.25) is 0 Å². The zero-order chi connectivity index (χ0) is 14.7. The van der Waals surface area contributed by atoms with E-state index in [1.165, 1.54) is 6.07 Å². The fraction of sp³-hybridized carbons (Fsp3) is 0.500. The third-order valence-electron chi connectivity index (χ3n) is 3.47. The van der Waals surface area contributed by atoms with Crippen molar-refractivity contribution in [3.05, 3.63) is 23.5 Å². The second-order valence-corrected chi connectivity index (χ2v) is 4.86. The number of hydrogen-bond donors (Lipinski definition) is 2. The second-order valence-electron chi connectivity index (χ2n) is 4.86. The van der Waals surface area contributed by atoms with Crippen molar-refractivity contribution in [1.29, 1.82) is 0 Å². The number of benzene rings is 1. The van der Waals surface area contributed by atoms with Crippen molar-refractivity contribution in [3.63, 3.8) is 0 Å². The first kappa shape index (κ1) is 14.6. The zero-order valence-corrected chi connectivity index (χ0v) is 11.4. The molecular formula is C14H19FN2O3. The maximum atomic E-state index is 14.0. The van der Waals surface area contributed by atoms with Gasteiger partial charge in [0, 0.05) is 25.4 Å². The number of nitrogens with two attached hydrogens (primary N) is 1. The van der Waals surface area contributed by atoms with Gasteiger partial charge < -0.3 is 20.5 Å². The molecule has 0 aromatic heterocycles. The molecule has 1 aliphatic rings. The number of nitrogens with zero attached hydrogens (tertiary/aromatic N) is 1. The molecule has 110 valence electrons. The Morgan fingerprint density at radius 2 is 2.35 bits per heavy atom. The number of anilines is 2. The first-order valence-electron chi connectivity index (χ1n) is 6.71.